The van der Waals surface area contributed by atoms with E-state index in [-0.39, 0.29) is 18.5 Å². The second-order valence-corrected chi connectivity index (χ2v) is 20.7. The molecule has 0 heterocycles. The minimum Gasteiger partial charge on any atom is -0.466 e. The molecule has 396 valence electrons. The average molecular weight is 945 g/mol. The maximum absolute atomic E-state index is 12.5. The van der Waals surface area contributed by atoms with Crippen LogP contribution in [0, 0.1) is 0 Å². The maximum Gasteiger partial charge on any atom is 0.305 e. The number of hydrogen-bond donors (Lipinski definition) is 3. The number of nitrogens with one attached hydrogen (secondary N) is 1. The van der Waals surface area contributed by atoms with Crippen molar-refractivity contribution >= 4 is 11.9 Å². The van der Waals surface area contributed by atoms with Gasteiger partial charge in [0.05, 0.1) is 25.4 Å². The molecule has 1 amide bonds. The Kier molecular flexibility index (Phi) is 55.5. The van der Waals surface area contributed by atoms with Gasteiger partial charge in [0, 0.05) is 12.8 Å². The maximum atomic E-state index is 12.5. The van der Waals surface area contributed by atoms with Crippen LogP contribution in [0.4, 0.5) is 0 Å². The van der Waals surface area contributed by atoms with Crippen molar-refractivity contribution in [3.05, 3.63) is 24.3 Å². The highest BCUT2D eigenvalue weighted by atomic mass is 16.5. The van der Waals surface area contributed by atoms with Crippen molar-refractivity contribution < 1.29 is 24.5 Å². The summed E-state index contributed by atoms with van der Waals surface area (Å²) in [6, 6.07) is -0.548. The van der Waals surface area contributed by atoms with Gasteiger partial charge in [0.2, 0.25) is 5.91 Å². The summed E-state index contributed by atoms with van der Waals surface area (Å²) in [6.45, 7) is 4.95. The third-order valence-corrected chi connectivity index (χ3v) is 14.0. The number of hydrogen-bond acceptors (Lipinski definition) is 5. The molecule has 0 aromatic carbocycles. The summed E-state index contributed by atoms with van der Waals surface area (Å²) in [6.07, 6.45) is 68.9. The van der Waals surface area contributed by atoms with Crippen LogP contribution < -0.4 is 5.32 Å². The van der Waals surface area contributed by atoms with E-state index >= 15 is 0 Å². The van der Waals surface area contributed by atoms with E-state index in [1.807, 2.05) is 0 Å². The third kappa shape index (κ3) is 53.5. The highest BCUT2D eigenvalue weighted by Gasteiger charge is 2.20. The van der Waals surface area contributed by atoms with Crippen LogP contribution in [0.2, 0.25) is 0 Å². The van der Waals surface area contributed by atoms with Crippen molar-refractivity contribution in [3.8, 4) is 0 Å². The van der Waals surface area contributed by atoms with Crippen molar-refractivity contribution in [1.29, 1.82) is 0 Å². The molecule has 0 aromatic heterocycles. The molecule has 0 bridgehead atoms. The van der Waals surface area contributed by atoms with Gasteiger partial charge in [0.25, 0.3) is 0 Å². The Hall–Kier alpha value is -1.66. The molecule has 2 atom stereocenters. The number of esters is 1. The van der Waals surface area contributed by atoms with Crippen LogP contribution in [0.15, 0.2) is 24.3 Å². The molecule has 0 saturated heterocycles. The minimum absolute atomic E-state index is 0.000944. The van der Waals surface area contributed by atoms with Gasteiger partial charge in [-0.3, -0.25) is 9.59 Å². The zero-order valence-electron chi connectivity index (χ0n) is 45.1. The van der Waals surface area contributed by atoms with E-state index in [0.29, 0.717) is 25.9 Å². The van der Waals surface area contributed by atoms with E-state index in [4.69, 9.17) is 4.74 Å². The molecule has 0 radical (unpaired) electrons. The first kappa shape index (κ1) is 65.3. The predicted octanol–water partition coefficient (Wildman–Crippen LogP) is 18.6. The molecule has 0 rings (SSSR count). The highest BCUT2D eigenvalue weighted by Crippen LogP contribution is 2.17. The van der Waals surface area contributed by atoms with Crippen LogP contribution in [0.25, 0.3) is 0 Å². The lowest BCUT2D eigenvalue weighted by Gasteiger charge is -2.22. The fourth-order valence-electron chi connectivity index (χ4n) is 9.34. The molecule has 0 fully saturated rings. The Morgan fingerprint density at radius 1 is 0.403 bits per heavy atom. The smallest absolute Gasteiger partial charge is 0.305 e. The summed E-state index contributed by atoms with van der Waals surface area (Å²) in [5.41, 5.74) is 0. The fourth-order valence-corrected chi connectivity index (χ4v) is 9.34. The number of allylic oxidation sites excluding steroid dienone is 4. The summed E-state index contributed by atoms with van der Waals surface area (Å²) in [4.78, 5) is 24.5. The lowest BCUT2D eigenvalue weighted by Crippen LogP contribution is -2.45. The molecule has 0 spiro atoms. The zero-order valence-corrected chi connectivity index (χ0v) is 45.1. The van der Waals surface area contributed by atoms with E-state index in [0.717, 1.165) is 44.9 Å². The van der Waals surface area contributed by atoms with Gasteiger partial charge in [-0.25, -0.2) is 0 Å². The van der Waals surface area contributed by atoms with Crippen LogP contribution >= 0.6 is 0 Å². The van der Waals surface area contributed by atoms with Crippen LogP contribution in [-0.2, 0) is 14.3 Å². The molecule has 67 heavy (non-hydrogen) atoms. The Labute approximate surface area is 418 Å². The number of carbonyl (C=O) groups excluding carboxylic acids is 2. The van der Waals surface area contributed by atoms with Crippen molar-refractivity contribution in [1.82, 2.24) is 5.32 Å². The van der Waals surface area contributed by atoms with Crippen molar-refractivity contribution in [2.24, 2.45) is 0 Å². The lowest BCUT2D eigenvalue weighted by molar-refractivity contribution is -0.143. The summed E-state index contributed by atoms with van der Waals surface area (Å²) in [5, 5.41) is 23.3. The number of unbranched alkanes of at least 4 members (excludes halogenated alkanes) is 41. The monoisotopic (exact) mass is 944 g/mol. The topological polar surface area (TPSA) is 95.9 Å². The molecule has 6 heteroatoms. The molecule has 0 aliphatic carbocycles. The molecule has 6 nitrogen and oxygen atoms in total. The fraction of sp³-hybridized carbons (Fsp3) is 0.902. The van der Waals surface area contributed by atoms with Crippen molar-refractivity contribution in [2.75, 3.05) is 13.2 Å². The van der Waals surface area contributed by atoms with E-state index in [1.165, 1.54) is 250 Å². The van der Waals surface area contributed by atoms with E-state index in [2.05, 4.69) is 43.5 Å². The largest absolute Gasteiger partial charge is 0.466 e. The van der Waals surface area contributed by atoms with Gasteiger partial charge in [-0.1, -0.05) is 263 Å². The SMILES string of the molecule is CCCCCCCC/C=C\CCCCCCCCCC(=O)OCCCCCCCCCC/C=C\CCCCCCCCCC(=O)NC(CO)C(O)CCCCCCCCCCCCCCCC. The van der Waals surface area contributed by atoms with Gasteiger partial charge in [-0.15, -0.1) is 0 Å². The Morgan fingerprint density at radius 2 is 0.701 bits per heavy atom. The number of aliphatic hydroxyl groups excluding tert-OH is 2. The lowest BCUT2D eigenvalue weighted by atomic mass is 10.0. The second-order valence-electron chi connectivity index (χ2n) is 20.7. The summed E-state index contributed by atoms with van der Waals surface area (Å²) >= 11 is 0. The normalized spacial score (nSPS) is 12.7. The molecule has 0 saturated carbocycles. The van der Waals surface area contributed by atoms with Crippen molar-refractivity contribution in [2.45, 2.75) is 341 Å². The van der Waals surface area contributed by atoms with Crippen LogP contribution in [0.1, 0.15) is 328 Å². The number of aliphatic hydroxyl groups is 2. The number of ether oxygens (including phenoxy) is 1. The number of amides is 1. The first-order valence-corrected chi connectivity index (χ1v) is 30.1. The van der Waals surface area contributed by atoms with Crippen LogP contribution in [0.5, 0.6) is 0 Å². The van der Waals surface area contributed by atoms with E-state index in [1.54, 1.807) is 0 Å². The first-order valence-electron chi connectivity index (χ1n) is 30.1. The highest BCUT2D eigenvalue weighted by molar-refractivity contribution is 5.76. The van der Waals surface area contributed by atoms with E-state index < -0.39 is 12.1 Å². The van der Waals surface area contributed by atoms with Crippen molar-refractivity contribution in [3.63, 3.8) is 0 Å². The standard InChI is InChI=1S/C61H117NO5/c1-3-5-7-9-11-13-15-17-19-23-27-31-35-39-43-47-51-55-61(66)67-56-52-48-44-40-36-32-28-25-22-20-21-24-26-30-34-38-42-46-50-54-60(65)62-58(57-63)59(64)53-49-45-41-37-33-29-18-16-14-12-10-8-6-4-2/h17,19-21,58-59,63-64H,3-16,18,22-57H2,1-2H3,(H,62,65)/b19-17-,21-20-. The molecule has 0 aromatic rings. The van der Waals surface area contributed by atoms with Crippen LogP contribution in [0.3, 0.4) is 0 Å². The van der Waals surface area contributed by atoms with Gasteiger partial charge in [0.1, 0.15) is 0 Å². The molecular weight excluding hydrogens is 827 g/mol. The third-order valence-electron chi connectivity index (χ3n) is 14.0. The Balaban J connectivity index is 3.42. The quantitative estimate of drug-likeness (QED) is 0.0321. The molecular formula is C61H117NO5. The molecule has 0 aliphatic heterocycles. The molecule has 0 aliphatic rings. The van der Waals surface area contributed by atoms with Gasteiger partial charge >= 0.3 is 5.97 Å². The zero-order chi connectivity index (χ0) is 48.6. The Morgan fingerprint density at radius 3 is 1.06 bits per heavy atom. The second kappa shape index (κ2) is 56.9. The van der Waals surface area contributed by atoms with E-state index in [9.17, 15) is 19.8 Å². The summed E-state index contributed by atoms with van der Waals surface area (Å²) in [5.74, 6) is -0.0426. The average Bonchev–Trinajstić information content (AvgIpc) is 3.33. The van der Waals surface area contributed by atoms with Gasteiger partial charge in [-0.2, -0.15) is 0 Å². The molecule has 2 unspecified atom stereocenters. The predicted molar refractivity (Wildman–Crippen MR) is 292 cm³/mol. The summed E-state index contributed by atoms with van der Waals surface area (Å²) < 4.78 is 5.48. The molecule has 3 N–H and O–H groups in total. The Bertz CT molecular complexity index is 1040. The summed E-state index contributed by atoms with van der Waals surface area (Å²) in [7, 11) is 0. The van der Waals surface area contributed by atoms with Gasteiger partial charge in [-0.05, 0) is 77.0 Å². The van der Waals surface area contributed by atoms with Gasteiger partial charge < -0.3 is 20.3 Å². The number of carbonyl (C=O) groups is 2. The van der Waals surface area contributed by atoms with Crippen LogP contribution in [-0.4, -0.2) is 47.4 Å². The first-order chi connectivity index (χ1) is 33.0. The minimum atomic E-state index is -0.670. The van der Waals surface area contributed by atoms with Gasteiger partial charge in [0.15, 0.2) is 0 Å². The number of rotatable bonds is 56.